The monoisotopic (exact) mass is 411 g/mol. The van der Waals surface area contributed by atoms with Crippen molar-refractivity contribution in [2.75, 3.05) is 0 Å². The Labute approximate surface area is 178 Å². The fraction of sp³-hybridized carbons (Fsp3) is 0.792. The van der Waals surface area contributed by atoms with Crippen LogP contribution >= 0.6 is 0 Å². The van der Waals surface area contributed by atoms with Crippen LogP contribution in [0.3, 0.4) is 0 Å². The van der Waals surface area contributed by atoms with Crippen LogP contribution in [0.25, 0.3) is 0 Å². The first-order valence-electron chi connectivity index (χ1n) is 12.1. The molecular formula is C24H33N3O3. The molecule has 0 saturated heterocycles. The molecule has 0 aliphatic heterocycles. The van der Waals surface area contributed by atoms with Crippen LogP contribution in [0.15, 0.2) is 6.20 Å². The van der Waals surface area contributed by atoms with Gasteiger partial charge in [-0.1, -0.05) is 12.8 Å². The third kappa shape index (κ3) is 3.31. The van der Waals surface area contributed by atoms with Gasteiger partial charge in [0.05, 0.1) is 16.9 Å². The van der Waals surface area contributed by atoms with E-state index in [0.717, 1.165) is 63.5 Å². The maximum atomic E-state index is 13.4. The van der Waals surface area contributed by atoms with Crippen LogP contribution in [0, 0.1) is 17.8 Å². The predicted molar refractivity (Wildman–Crippen MR) is 111 cm³/mol. The van der Waals surface area contributed by atoms with Crippen LogP contribution in [0.1, 0.15) is 99.0 Å². The Balaban J connectivity index is 1.23. The Bertz CT molecular complexity index is 817. The average molecular weight is 412 g/mol. The smallest absolute Gasteiger partial charge is 0.316 e. The lowest BCUT2D eigenvalue weighted by Crippen LogP contribution is -2.61. The number of nitrogens with one attached hydrogen (secondary N) is 1. The molecule has 30 heavy (non-hydrogen) atoms. The second-order valence-corrected chi connectivity index (χ2v) is 10.8. The molecule has 2 unspecified atom stereocenters. The van der Waals surface area contributed by atoms with E-state index in [4.69, 9.17) is 9.72 Å². The average Bonchev–Trinajstić information content (AvgIpc) is 3.21. The van der Waals surface area contributed by atoms with Gasteiger partial charge in [0, 0.05) is 18.2 Å². The van der Waals surface area contributed by atoms with Crippen molar-refractivity contribution in [2.45, 2.75) is 101 Å². The number of hydrogen-bond acceptors (Lipinski definition) is 5. The third-order valence-electron chi connectivity index (χ3n) is 8.65. The van der Waals surface area contributed by atoms with Crippen LogP contribution in [-0.4, -0.2) is 38.7 Å². The van der Waals surface area contributed by atoms with Crippen LogP contribution in [0.5, 0.6) is 6.01 Å². The number of hydrogen-bond donors (Lipinski definition) is 2. The number of aliphatic hydroxyl groups is 1. The lowest BCUT2D eigenvalue weighted by molar-refractivity contribution is -0.136. The Morgan fingerprint density at radius 2 is 1.80 bits per heavy atom. The van der Waals surface area contributed by atoms with Gasteiger partial charge in [0.1, 0.15) is 6.10 Å². The highest BCUT2D eigenvalue weighted by Crippen LogP contribution is 2.55. The summed E-state index contributed by atoms with van der Waals surface area (Å²) < 4.78 is 5.94. The number of nitrogens with zero attached hydrogens (tertiary/aromatic N) is 2. The topological polar surface area (TPSA) is 84.3 Å². The minimum Gasteiger partial charge on any atom is -0.460 e. The number of aromatic nitrogens is 2. The van der Waals surface area contributed by atoms with Crippen LogP contribution in [0.2, 0.25) is 0 Å². The van der Waals surface area contributed by atoms with Gasteiger partial charge in [-0.3, -0.25) is 4.79 Å². The number of carbonyl (C=O) groups excluding carboxylic acids is 1. The number of carbonyl (C=O) groups is 1. The van der Waals surface area contributed by atoms with Crippen LogP contribution < -0.4 is 10.1 Å². The first-order valence-corrected chi connectivity index (χ1v) is 12.1. The summed E-state index contributed by atoms with van der Waals surface area (Å²) in [5, 5.41) is 14.2. The summed E-state index contributed by atoms with van der Waals surface area (Å²) in [7, 11) is 0. The molecule has 4 bridgehead atoms. The van der Waals surface area contributed by atoms with Gasteiger partial charge >= 0.3 is 6.01 Å². The van der Waals surface area contributed by atoms with Gasteiger partial charge in [0.25, 0.3) is 5.91 Å². The molecule has 2 N–H and O–H groups in total. The minimum absolute atomic E-state index is 0.0310. The van der Waals surface area contributed by atoms with Crippen molar-refractivity contribution < 1.29 is 14.6 Å². The molecule has 6 aliphatic rings. The summed E-state index contributed by atoms with van der Waals surface area (Å²) in [6.45, 7) is 0. The lowest BCUT2D eigenvalue weighted by Gasteiger charge is -2.58. The van der Waals surface area contributed by atoms with Gasteiger partial charge in [-0.25, -0.2) is 4.98 Å². The number of amides is 1. The van der Waals surface area contributed by atoms with E-state index in [1.807, 2.05) is 0 Å². The van der Waals surface area contributed by atoms with Crippen molar-refractivity contribution in [3.05, 3.63) is 17.5 Å². The molecule has 0 radical (unpaired) electrons. The summed E-state index contributed by atoms with van der Waals surface area (Å²) in [4.78, 5) is 22.6. The van der Waals surface area contributed by atoms with Gasteiger partial charge in [0.2, 0.25) is 0 Å². The van der Waals surface area contributed by atoms with E-state index in [9.17, 15) is 9.90 Å². The Kier molecular flexibility index (Phi) is 4.55. The molecular weight excluding hydrogens is 378 g/mol. The van der Waals surface area contributed by atoms with E-state index >= 15 is 0 Å². The highest BCUT2D eigenvalue weighted by Gasteiger charge is 2.55. The Morgan fingerprint density at radius 1 is 1.07 bits per heavy atom. The quantitative estimate of drug-likeness (QED) is 0.771. The Morgan fingerprint density at radius 3 is 2.43 bits per heavy atom. The molecule has 1 aromatic rings. The molecule has 6 heteroatoms. The first-order chi connectivity index (χ1) is 14.6. The van der Waals surface area contributed by atoms with Crippen molar-refractivity contribution in [3.63, 3.8) is 0 Å². The fourth-order valence-electron chi connectivity index (χ4n) is 7.20. The molecule has 0 aromatic carbocycles. The second-order valence-electron chi connectivity index (χ2n) is 10.8. The Hall–Kier alpha value is -1.69. The highest BCUT2D eigenvalue weighted by atomic mass is 16.5. The normalized spacial score (nSPS) is 37.9. The SMILES string of the molecule is O=C(NC1C2CC3CC1CC(O)(C3)C2)c1cnc(OC2CCC2)nc1C1CCCC1. The lowest BCUT2D eigenvalue weighted by atomic mass is 9.52. The largest absolute Gasteiger partial charge is 0.460 e. The molecule has 1 aromatic heterocycles. The summed E-state index contributed by atoms with van der Waals surface area (Å²) in [5.41, 5.74) is 1.04. The van der Waals surface area contributed by atoms with Crippen molar-refractivity contribution in [1.82, 2.24) is 15.3 Å². The maximum Gasteiger partial charge on any atom is 0.316 e. The summed E-state index contributed by atoms with van der Waals surface area (Å²) in [6.07, 6.45) is 14.8. The predicted octanol–water partition coefficient (Wildman–Crippen LogP) is 3.73. The van der Waals surface area contributed by atoms with E-state index in [1.54, 1.807) is 6.20 Å². The summed E-state index contributed by atoms with van der Waals surface area (Å²) in [5.74, 6) is 1.75. The number of ether oxygens (including phenoxy) is 1. The molecule has 6 aliphatic carbocycles. The molecule has 7 rings (SSSR count). The zero-order valence-electron chi connectivity index (χ0n) is 17.7. The molecule has 6 nitrogen and oxygen atoms in total. The zero-order chi connectivity index (χ0) is 20.3. The van der Waals surface area contributed by atoms with Crippen LogP contribution in [-0.2, 0) is 0 Å². The summed E-state index contributed by atoms with van der Waals surface area (Å²) >= 11 is 0. The summed E-state index contributed by atoms with van der Waals surface area (Å²) in [6, 6.07) is 0.617. The molecule has 1 amide bonds. The van der Waals surface area contributed by atoms with Gasteiger partial charge in [0.15, 0.2) is 0 Å². The van der Waals surface area contributed by atoms with Gasteiger partial charge in [-0.15, -0.1) is 0 Å². The van der Waals surface area contributed by atoms with Gasteiger partial charge in [-0.05, 0) is 82.0 Å². The fourth-order valence-corrected chi connectivity index (χ4v) is 7.20. The molecule has 162 valence electrons. The molecule has 2 atom stereocenters. The number of rotatable bonds is 5. The molecule has 1 heterocycles. The van der Waals surface area contributed by atoms with E-state index in [2.05, 4.69) is 10.3 Å². The van der Waals surface area contributed by atoms with Crippen molar-refractivity contribution in [1.29, 1.82) is 0 Å². The minimum atomic E-state index is -0.476. The van der Waals surface area contributed by atoms with Crippen molar-refractivity contribution in [2.24, 2.45) is 17.8 Å². The zero-order valence-corrected chi connectivity index (χ0v) is 17.7. The molecule has 6 saturated carbocycles. The van der Waals surface area contributed by atoms with E-state index in [0.29, 0.717) is 35.2 Å². The molecule has 6 fully saturated rings. The van der Waals surface area contributed by atoms with Crippen molar-refractivity contribution >= 4 is 5.91 Å². The van der Waals surface area contributed by atoms with Crippen LogP contribution in [0.4, 0.5) is 0 Å². The van der Waals surface area contributed by atoms with Gasteiger partial charge < -0.3 is 15.2 Å². The third-order valence-corrected chi connectivity index (χ3v) is 8.65. The van der Waals surface area contributed by atoms with E-state index in [1.165, 1.54) is 19.3 Å². The van der Waals surface area contributed by atoms with E-state index < -0.39 is 5.60 Å². The first kappa shape index (κ1) is 19.0. The molecule has 0 spiro atoms. The standard InChI is InChI=1S/C24H33N3O3/c28-22(26-20-16-8-14-9-17(20)12-24(29,10-14)11-16)19-13-25-23(30-18-6-3-7-18)27-21(19)15-4-1-2-5-15/h13-18,20,29H,1-12H2,(H,26,28). The highest BCUT2D eigenvalue weighted by molar-refractivity contribution is 5.95. The second kappa shape index (κ2) is 7.18. The maximum absolute atomic E-state index is 13.4. The van der Waals surface area contributed by atoms with Crippen molar-refractivity contribution in [3.8, 4) is 6.01 Å². The van der Waals surface area contributed by atoms with Gasteiger partial charge in [-0.2, -0.15) is 4.98 Å². The van der Waals surface area contributed by atoms with E-state index in [-0.39, 0.29) is 18.1 Å².